The van der Waals surface area contributed by atoms with E-state index < -0.39 is 5.91 Å². The Morgan fingerprint density at radius 3 is 2.81 bits per heavy atom. The first-order valence-electron chi connectivity index (χ1n) is 7.03. The Morgan fingerprint density at radius 1 is 1.38 bits per heavy atom. The predicted molar refractivity (Wildman–Crippen MR) is 80.4 cm³/mol. The van der Waals surface area contributed by atoms with Crippen LogP contribution in [0, 0.1) is 6.92 Å². The molecular formula is C15H20N4O2. The first-order chi connectivity index (χ1) is 9.99. The number of nitrogens with one attached hydrogen (secondary N) is 2. The Kier molecular flexibility index (Phi) is 4.57. The van der Waals surface area contributed by atoms with E-state index in [9.17, 15) is 9.59 Å². The molecule has 1 aromatic carbocycles. The monoisotopic (exact) mass is 288 g/mol. The van der Waals surface area contributed by atoms with Crippen molar-refractivity contribution >= 4 is 22.8 Å². The van der Waals surface area contributed by atoms with Crippen LogP contribution >= 0.6 is 0 Å². The number of primary amides is 1. The van der Waals surface area contributed by atoms with Crippen LogP contribution in [0.5, 0.6) is 0 Å². The molecule has 0 aliphatic rings. The van der Waals surface area contributed by atoms with Crippen molar-refractivity contribution in [2.24, 2.45) is 5.73 Å². The number of H-pyrrole nitrogens is 1. The van der Waals surface area contributed by atoms with Gasteiger partial charge in [0.1, 0.15) is 5.82 Å². The molecule has 6 nitrogen and oxygen atoms in total. The van der Waals surface area contributed by atoms with Crippen LogP contribution in [0.15, 0.2) is 18.2 Å². The summed E-state index contributed by atoms with van der Waals surface area (Å²) in [6, 6.07) is 5.78. The minimum Gasteiger partial charge on any atom is -0.370 e. The highest BCUT2D eigenvalue weighted by atomic mass is 16.2. The number of aryl methyl sites for hydroxylation is 1. The zero-order valence-corrected chi connectivity index (χ0v) is 12.3. The van der Waals surface area contributed by atoms with E-state index in [1.165, 1.54) is 0 Å². The molecule has 1 atom stereocenters. The lowest BCUT2D eigenvalue weighted by Gasteiger charge is -2.14. The molecule has 0 saturated carbocycles. The average Bonchev–Trinajstić information content (AvgIpc) is 2.85. The Morgan fingerprint density at radius 2 is 2.14 bits per heavy atom. The van der Waals surface area contributed by atoms with Crippen LogP contribution in [0.4, 0.5) is 0 Å². The maximum Gasteiger partial charge on any atom is 0.221 e. The van der Waals surface area contributed by atoms with E-state index >= 15 is 0 Å². The summed E-state index contributed by atoms with van der Waals surface area (Å²) in [5, 5.41) is 2.87. The number of benzene rings is 1. The van der Waals surface area contributed by atoms with E-state index in [-0.39, 0.29) is 24.8 Å². The molecule has 0 saturated heterocycles. The van der Waals surface area contributed by atoms with Crippen LogP contribution in [0.3, 0.4) is 0 Å². The lowest BCUT2D eigenvalue weighted by Crippen LogP contribution is -2.29. The highest BCUT2D eigenvalue weighted by molar-refractivity contribution is 5.83. The van der Waals surface area contributed by atoms with Crippen molar-refractivity contribution in [2.75, 3.05) is 0 Å². The van der Waals surface area contributed by atoms with Crippen LogP contribution in [-0.2, 0) is 9.59 Å². The molecule has 2 aromatic rings. The minimum absolute atomic E-state index is 0.0571. The van der Waals surface area contributed by atoms with Gasteiger partial charge in [0, 0.05) is 12.8 Å². The maximum absolute atomic E-state index is 11.8. The van der Waals surface area contributed by atoms with Crippen LogP contribution in [0.2, 0.25) is 0 Å². The van der Waals surface area contributed by atoms with Gasteiger partial charge in [-0.2, -0.15) is 0 Å². The van der Waals surface area contributed by atoms with Gasteiger partial charge in [-0.05, 0) is 31.0 Å². The van der Waals surface area contributed by atoms with Gasteiger partial charge >= 0.3 is 0 Å². The fourth-order valence-electron chi connectivity index (χ4n) is 2.18. The molecule has 0 radical (unpaired) electrons. The second kappa shape index (κ2) is 6.39. The summed E-state index contributed by atoms with van der Waals surface area (Å²) in [6.07, 6.45) is 0.869. The molecule has 4 N–H and O–H groups in total. The molecule has 0 bridgehead atoms. The van der Waals surface area contributed by atoms with Gasteiger partial charge in [0.2, 0.25) is 11.8 Å². The zero-order valence-electron chi connectivity index (χ0n) is 12.3. The van der Waals surface area contributed by atoms with Crippen molar-refractivity contribution in [1.29, 1.82) is 0 Å². The first kappa shape index (κ1) is 15.0. The lowest BCUT2D eigenvalue weighted by molar-refractivity contribution is -0.125. The van der Waals surface area contributed by atoms with Crippen LogP contribution < -0.4 is 11.1 Å². The Labute approximate surface area is 123 Å². The van der Waals surface area contributed by atoms with Gasteiger partial charge in [0.15, 0.2) is 0 Å². The van der Waals surface area contributed by atoms with Crippen molar-refractivity contribution in [1.82, 2.24) is 15.3 Å². The number of fused-ring (bicyclic) bond motifs is 1. The lowest BCUT2D eigenvalue weighted by atomic mass is 10.2. The van der Waals surface area contributed by atoms with E-state index in [2.05, 4.69) is 15.3 Å². The molecule has 0 unspecified atom stereocenters. The number of imidazole rings is 1. The van der Waals surface area contributed by atoms with E-state index in [1.807, 2.05) is 32.0 Å². The second-order valence-electron chi connectivity index (χ2n) is 5.14. The second-order valence-corrected chi connectivity index (χ2v) is 5.14. The SMILES string of the molecule is CC[C@H](NC(=O)CCC(N)=O)c1nc2ccc(C)cc2[nH]1. The Bertz CT molecular complexity index is 663. The molecule has 112 valence electrons. The van der Waals surface area contributed by atoms with Gasteiger partial charge in [0.05, 0.1) is 17.1 Å². The quantitative estimate of drug-likeness (QED) is 0.754. The van der Waals surface area contributed by atoms with E-state index in [4.69, 9.17) is 5.73 Å². The molecule has 21 heavy (non-hydrogen) atoms. The number of rotatable bonds is 6. The summed E-state index contributed by atoms with van der Waals surface area (Å²) in [6.45, 7) is 3.99. The molecule has 0 aliphatic carbocycles. The van der Waals surface area contributed by atoms with Crippen LogP contribution in [0.1, 0.15) is 43.6 Å². The van der Waals surface area contributed by atoms with Gasteiger partial charge in [-0.25, -0.2) is 4.98 Å². The number of hydrogen-bond donors (Lipinski definition) is 3. The fraction of sp³-hybridized carbons (Fsp3) is 0.400. The number of nitrogens with two attached hydrogens (primary N) is 1. The number of carbonyl (C=O) groups excluding carboxylic acids is 2. The third-order valence-corrected chi connectivity index (χ3v) is 3.33. The van der Waals surface area contributed by atoms with Crippen LogP contribution in [0.25, 0.3) is 11.0 Å². The third kappa shape index (κ3) is 3.81. The maximum atomic E-state index is 11.8. The van der Waals surface area contributed by atoms with Crippen molar-refractivity contribution in [3.63, 3.8) is 0 Å². The molecule has 0 fully saturated rings. The standard InChI is InChI=1S/C15H20N4O2/c1-3-10(17-14(21)7-6-13(16)20)15-18-11-5-4-9(2)8-12(11)19-15/h4-5,8,10H,3,6-7H2,1-2H3,(H2,16,20)(H,17,21)(H,18,19)/t10-/m0/s1. The molecule has 6 heteroatoms. The largest absolute Gasteiger partial charge is 0.370 e. The van der Waals surface area contributed by atoms with E-state index in [0.29, 0.717) is 6.42 Å². The summed E-state index contributed by atoms with van der Waals surface area (Å²) in [5.74, 6) is 0.0558. The van der Waals surface area contributed by atoms with Gasteiger partial charge in [-0.3, -0.25) is 9.59 Å². The van der Waals surface area contributed by atoms with Crippen molar-refractivity contribution < 1.29 is 9.59 Å². The normalized spacial score (nSPS) is 12.3. The highest BCUT2D eigenvalue weighted by Gasteiger charge is 2.16. The number of carbonyl (C=O) groups is 2. The summed E-state index contributed by atoms with van der Waals surface area (Å²) in [7, 11) is 0. The number of hydrogen-bond acceptors (Lipinski definition) is 3. The highest BCUT2D eigenvalue weighted by Crippen LogP contribution is 2.19. The fourth-order valence-corrected chi connectivity index (χ4v) is 2.18. The Hall–Kier alpha value is -2.37. The van der Waals surface area contributed by atoms with Crippen molar-refractivity contribution in [3.8, 4) is 0 Å². The minimum atomic E-state index is -0.475. The van der Waals surface area contributed by atoms with Gasteiger partial charge in [0.25, 0.3) is 0 Å². The number of amides is 2. The van der Waals surface area contributed by atoms with E-state index in [0.717, 1.165) is 22.4 Å². The molecule has 1 aromatic heterocycles. The smallest absolute Gasteiger partial charge is 0.221 e. The summed E-state index contributed by atoms with van der Waals surface area (Å²) < 4.78 is 0. The van der Waals surface area contributed by atoms with Crippen molar-refractivity contribution in [3.05, 3.63) is 29.6 Å². The molecule has 2 rings (SSSR count). The average molecular weight is 288 g/mol. The van der Waals surface area contributed by atoms with Gasteiger partial charge in [-0.1, -0.05) is 13.0 Å². The van der Waals surface area contributed by atoms with Gasteiger partial charge in [-0.15, -0.1) is 0 Å². The summed E-state index contributed by atoms with van der Waals surface area (Å²) in [4.78, 5) is 30.3. The number of aromatic nitrogens is 2. The molecule has 0 spiro atoms. The molecule has 2 amide bonds. The van der Waals surface area contributed by atoms with Crippen LogP contribution in [-0.4, -0.2) is 21.8 Å². The van der Waals surface area contributed by atoms with Gasteiger partial charge < -0.3 is 16.0 Å². The number of nitrogens with zero attached hydrogens (tertiary/aromatic N) is 1. The topological polar surface area (TPSA) is 101 Å². The first-order valence-corrected chi connectivity index (χ1v) is 7.03. The Balaban J connectivity index is 2.11. The van der Waals surface area contributed by atoms with Crippen molar-refractivity contribution in [2.45, 2.75) is 39.2 Å². The van der Waals surface area contributed by atoms with E-state index in [1.54, 1.807) is 0 Å². The zero-order chi connectivity index (χ0) is 15.4. The summed E-state index contributed by atoms with van der Waals surface area (Å²) in [5.41, 5.74) is 8.02. The molecule has 1 heterocycles. The number of aromatic amines is 1. The molecular weight excluding hydrogens is 268 g/mol. The molecule has 0 aliphatic heterocycles. The summed E-state index contributed by atoms with van der Waals surface area (Å²) >= 11 is 0. The predicted octanol–water partition coefficient (Wildman–Crippen LogP) is 1.70. The third-order valence-electron chi connectivity index (χ3n) is 3.33.